The lowest BCUT2D eigenvalue weighted by Crippen LogP contribution is -2.57. The smallest absolute Gasteiger partial charge is 0.247 e. The number of halogens is 2. The first-order valence-corrected chi connectivity index (χ1v) is 27.3. The Balaban J connectivity index is 1.37. The third-order valence-electron chi connectivity index (χ3n) is 14.6. The number of carbonyl (C=O) groups is 5. The molecule has 1 heterocycles. The van der Waals surface area contributed by atoms with Gasteiger partial charge in [0, 0.05) is 67.9 Å². The fourth-order valence-electron chi connectivity index (χ4n) is 10.3. The highest BCUT2D eigenvalue weighted by molar-refractivity contribution is 6.31. The number of methoxy groups -OCH3 is 1. The Morgan fingerprint density at radius 2 is 1.56 bits per heavy atom. The zero-order valence-corrected chi connectivity index (χ0v) is 47.1. The minimum absolute atomic E-state index is 0.125. The summed E-state index contributed by atoms with van der Waals surface area (Å²) >= 11 is 12.9. The van der Waals surface area contributed by atoms with Crippen molar-refractivity contribution in [2.24, 2.45) is 18.7 Å². The number of imidazole rings is 1. The van der Waals surface area contributed by atoms with Gasteiger partial charge in [0.1, 0.15) is 29.4 Å². The molecule has 1 aliphatic rings. The number of benzene rings is 4. The topological polar surface area (TPSA) is 185 Å². The second kappa shape index (κ2) is 29.4. The molecule has 0 bridgehead atoms. The highest BCUT2D eigenvalue weighted by atomic mass is 35.5. The molecule has 0 spiro atoms. The van der Waals surface area contributed by atoms with Crippen LogP contribution in [0.2, 0.25) is 10.0 Å². The number of hydrogen-bond acceptors (Lipinski definition) is 10. The number of nitrogens with zero attached hydrogens (tertiary/aromatic N) is 6. The fraction of sp³-hybridized carbons (Fsp3) is 0.458. The highest BCUT2D eigenvalue weighted by Crippen LogP contribution is 2.33. The average molecular weight is 1100 g/mol. The summed E-state index contributed by atoms with van der Waals surface area (Å²) in [6, 6.07) is 26.6. The molecule has 16 nitrogen and oxygen atoms in total. The van der Waals surface area contributed by atoms with Crippen LogP contribution in [-0.2, 0) is 61.7 Å². The first-order chi connectivity index (χ1) is 37.0. The molecule has 0 unspecified atom stereocenters. The molecule has 0 radical (unpaired) electrons. The van der Waals surface area contributed by atoms with Gasteiger partial charge in [-0.25, -0.2) is 4.98 Å². The Bertz CT molecular complexity index is 2710. The van der Waals surface area contributed by atoms with Crippen LogP contribution in [0.15, 0.2) is 103 Å². The maximum atomic E-state index is 15.6. The number of amides is 5. The number of ether oxygens (including phenoxy) is 2. The Morgan fingerprint density at radius 3 is 2.22 bits per heavy atom. The van der Waals surface area contributed by atoms with Gasteiger partial charge >= 0.3 is 0 Å². The lowest BCUT2D eigenvalue weighted by Gasteiger charge is -2.39. The van der Waals surface area contributed by atoms with Crippen molar-refractivity contribution in [1.82, 2.24) is 39.8 Å². The van der Waals surface area contributed by atoms with E-state index in [2.05, 4.69) is 25.1 Å². The van der Waals surface area contributed by atoms with Crippen molar-refractivity contribution in [3.8, 4) is 22.8 Å². The maximum absolute atomic E-state index is 15.6. The molecule has 0 saturated heterocycles. The Kier molecular flexibility index (Phi) is 22.9. The van der Waals surface area contributed by atoms with Gasteiger partial charge in [-0.05, 0) is 125 Å². The molecule has 0 aliphatic heterocycles. The zero-order chi connectivity index (χ0) is 55.6. The van der Waals surface area contributed by atoms with Crippen LogP contribution in [0.5, 0.6) is 11.5 Å². The number of rotatable bonds is 28. The van der Waals surface area contributed by atoms with Gasteiger partial charge in [-0.3, -0.25) is 24.0 Å². The van der Waals surface area contributed by atoms with E-state index in [0.29, 0.717) is 65.7 Å². The summed E-state index contributed by atoms with van der Waals surface area (Å²) in [6.07, 6.45) is 7.33. The zero-order valence-electron chi connectivity index (χ0n) is 45.6. The van der Waals surface area contributed by atoms with Crippen LogP contribution in [-0.4, -0.2) is 138 Å². The van der Waals surface area contributed by atoms with E-state index in [4.69, 9.17) is 38.4 Å². The predicted molar refractivity (Wildman–Crippen MR) is 302 cm³/mol. The van der Waals surface area contributed by atoms with E-state index in [1.165, 1.54) is 12.0 Å². The third-order valence-corrected chi connectivity index (χ3v) is 15.1. The summed E-state index contributed by atoms with van der Waals surface area (Å²) in [5.41, 5.74) is 10.4. The molecule has 6 atom stereocenters. The molecular weight excluding hydrogens is 1020 g/mol. The lowest BCUT2D eigenvalue weighted by molar-refractivity contribution is -0.147. The van der Waals surface area contributed by atoms with Crippen molar-refractivity contribution in [2.75, 3.05) is 48.5 Å². The van der Waals surface area contributed by atoms with E-state index >= 15 is 9.59 Å². The Labute approximate surface area is 464 Å². The number of likely N-dealkylation sites (N-methyl/N-ethyl adjacent to an activating group) is 2. The fourth-order valence-corrected chi connectivity index (χ4v) is 10.6. The molecule has 6 rings (SSSR count). The average Bonchev–Trinajstić information content (AvgIpc) is 3.78. The molecule has 4 aromatic carbocycles. The minimum atomic E-state index is -1.18. The summed E-state index contributed by atoms with van der Waals surface area (Å²) in [5, 5.41) is 6.91. The van der Waals surface area contributed by atoms with Gasteiger partial charge in [0.05, 0.1) is 43.5 Å². The second-order valence-electron chi connectivity index (χ2n) is 20.3. The third kappa shape index (κ3) is 16.6. The summed E-state index contributed by atoms with van der Waals surface area (Å²) in [6.45, 7) is 2.60. The van der Waals surface area contributed by atoms with Crippen molar-refractivity contribution in [1.29, 1.82) is 0 Å². The van der Waals surface area contributed by atoms with Gasteiger partial charge in [-0.2, -0.15) is 0 Å². The number of nitrogens with two attached hydrogens (primary N) is 1. The number of nitrogens with one attached hydrogen (secondary N) is 2. The molecule has 1 fully saturated rings. The van der Waals surface area contributed by atoms with E-state index in [1.54, 1.807) is 42.1 Å². The largest absolute Gasteiger partial charge is 0.457 e. The molecule has 1 saturated carbocycles. The van der Waals surface area contributed by atoms with Crippen molar-refractivity contribution in [3.05, 3.63) is 136 Å². The van der Waals surface area contributed by atoms with Gasteiger partial charge in [0.25, 0.3) is 0 Å². The lowest BCUT2D eigenvalue weighted by atomic mass is 9.87. The van der Waals surface area contributed by atoms with E-state index in [1.807, 2.05) is 113 Å². The van der Waals surface area contributed by atoms with E-state index in [0.717, 1.165) is 47.5 Å². The Hall–Kier alpha value is -6.30. The van der Waals surface area contributed by atoms with Crippen molar-refractivity contribution >= 4 is 53.2 Å². The van der Waals surface area contributed by atoms with Crippen LogP contribution in [0, 0.1) is 5.92 Å². The van der Waals surface area contributed by atoms with Crippen LogP contribution in [0.25, 0.3) is 11.3 Å². The number of hydrogen-bond donors (Lipinski definition) is 3. The van der Waals surface area contributed by atoms with E-state index < -0.39 is 29.8 Å². The maximum Gasteiger partial charge on any atom is 0.247 e. The van der Waals surface area contributed by atoms with Gasteiger partial charge in [0.15, 0.2) is 0 Å². The van der Waals surface area contributed by atoms with Crippen LogP contribution < -0.4 is 21.1 Å². The van der Waals surface area contributed by atoms with Crippen LogP contribution in [0.4, 0.5) is 0 Å². The van der Waals surface area contributed by atoms with E-state index in [-0.39, 0.29) is 68.9 Å². The van der Waals surface area contributed by atoms with Gasteiger partial charge in [-0.1, -0.05) is 91.5 Å². The molecular formula is C59H77Cl2N9O7. The second-order valence-corrected chi connectivity index (χ2v) is 21.2. The van der Waals surface area contributed by atoms with Crippen LogP contribution >= 0.6 is 23.2 Å². The highest BCUT2D eigenvalue weighted by Gasteiger charge is 2.39. The Morgan fingerprint density at radius 1 is 0.870 bits per heavy atom. The van der Waals surface area contributed by atoms with Gasteiger partial charge in [-0.15, -0.1) is 0 Å². The molecule has 77 heavy (non-hydrogen) atoms. The summed E-state index contributed by atoms with van der Waals surface area (Å²) in [4.78, 5) is 83.5. The molecule has 5 amide bonds. The summed E-state index contributed by atoms with van der Waals surface area (Å²) in [7, 11) is 10.9. The quantitative estimate of drug-likeness (QED) is 0.0414. The predicted octanol–water partition coefficient (Wildman–Crippen LogP) is 8.06. The normalized spacial score (nSPS) is 15.9. The number of carbonyl (C=O) groups excluding carboxylic acids is 5. The summed E-state index contributed by atoms with van der Waals surface area (Å²) in [5.74, 6) is -0.800. The summed E-state index contributed by atoms with van der Waals surface area (Å²) < 4.78 is 14.2. The first kappa shape index (κ1) is 59.9. The van der Waals surface area contributed by atoms with Gasteiger partial charge in [0.2, 0.25) is 30.0 Å². The molecule has 5 aromatic rings. The molecule has 18 heteroatoms. The SMILES string of the molecule is CC[C@H](Cc1ccc(Cl)cc1)N(C)C(=O)[C@H](COC)NC(=O)[C@H](CCCN)N(Cc1ccc(Cl)cc1Oc1ccc(-c2cnc(CN(C)C)n2C)cc1)C(=O)C[C@@H](Cc1ccccc1)C(=O)N(C)[C@H]1CCCC[C@@H]1NC=O. The monoisotopic (exact) mass is 1090 g/mol. The first-order valence-electron chi connectivity index (χ1n) is 26.6. The van der Waals surface area contributed by atoms with Crippen molar-refractivity contribution in [2.45, 2.75) is 114 Å². The molecule has 4 N–H and O–H groups in total. The van der Waals surface area contributed by atoms with Crippen LogP contribution in [0.1, 0.15) is 80.8 Å². The van der Waals surface area contributed by atoms with Crippen LogP contribution in [0.3, 0.4) is 0 Å². The molecule has 1 aliphatic carbocycles. The van der Waals surface area contributed by atoms with E-state index in [9.17, 15) is 14.4 Å². The number of aromatic nitrogens is 2. The molecule has 1 aromatic heterocycles. The van der Waals surface area contributed by atoms with Gasteiger partial charge < -0.3 is 50.0 Å². The van der Waals surface area contributed by atoms with Crippen molar-refractivity contribution < 1.29 is 33.4 Å². The standard InChI is InChI=1S/C59H77Cl2N9O7/c1-8-47(32-41-20-25-45(60)26-21-41)67(4)59(75)50(38-76-7)65-57(73)52(19-14-30-62)70(56(72)33-44(31-40-15-10-9-11-16-40)58(74)69(6)51-18-13-12-17-49(51)64-39-71)36-43-22-27-46(61)34-54(43)77-48-28-23-42(24-29-48)53-35-63-55(68(53)5)37-66(2)3/h9-11,15-16,20-29,34-35,39,44,47,49-52H,8,12-14,17-19,30-33,36-38,62H2,1-7H3,(H,64,71)(H,65,73)/t44-,47-,49+,50+,51+,52+/m1/s1. The van der Waals surface area contributed by atoms with Crippen molar-refractivity contribution in [3.63, 3.8) is 0 Å². The minimum Gasteiger partial charge on any atom is -0.457 e. The molecule has 414 valence electrons.